The summed E-state index contributed by atoms with van der Waals surface area (Å²) in [4.78, 5) is 31.0. The van der Waals surface area contributed by atoms with Gasteiger partial charge in [0.05, 0.1) is 18.3 Å². The summed E-state index contributed by atoms with van der Waals surface area (Å²) in [5.74, 6) is -0.144. The highest BCUT2D eigenvalue weighted by Crippen LogP contribution is 2.32. The van der Waals surface area contributed by atoms with E-state index in [0.29, 0.717) is 23.2 Å². The van der Waals surface area contributed by atoms with E-state index < -0.39 is 6.04 Å². The number of hydrogen-bond acceptors (Lipinski definition) is 5. The Hall–Kier alpha value is -2.47. The molecule has 148 valence electrons. The van der Waals surface area contributed by atoms with Crippen LogP contribution in [0.4, 0.5) is 0 Å². The molecule has 5 nitrogen and oxygen atoms in total. The first-order valence-corrected chi connectivity index (χ1v) is 10.4. The molecule has 1 aromatic carbocycles. The Morgan fingerprint density at radius 3 is 2.64 bits per heavy atom. The Kier molecular flexibility index (Phi) is 5.98. The van der Waals surface area contributed by atoms with E-state index in [0.717, 1.165) is 11.1 Å². The zero-order valence-corrected chi connectivity index (χ0v) is 17.8. The minimum Gasteiger partial charge on any atom is -0.464 e. The summed E-state index contributed by atoms with van der Waals surface area (Å²) in [5.41, 5.74) is 4.03. The van der Waals surface area contributed by atoms with Crippen molar-refractivity contribution in [3.05, 3.63) is 51.4 Å². The summed E-state index contributed by atoms with van der Waals surface area (Å²) in [7, 11) is 0. The molecule has 2 heterocycles. The van der Waals surface area contributed by atoms with Gasteiger partial charge in [0.2, 0.25) is 0 Å². The van der Waals surface area contributed by atoms with E-state index in [-0.39, 0.29) is 17.4 Å². The van der Waals surface area contributed by atoms with Crippen molar-refractivity contribution < 1.29 is 9.53 Å². The Morgan fingerprint density at radius 2 is 2.00 bits per heavy atom. The van der Waals surface area contributed by atoms with Crippen molar-refractivity contribution in [3.63, 3.8) is 0 Å². The van der Waals surface area contributed by atoms with Crippen molar-refractivity contribution in [3.8, 4) is 11.1 Å². The summed E-state index contributed by atoms with van der Waals surface area (Å²) in [6, 6.07) is 5.49. The van der Waals surface area contributed by atoms with Gasteiger partial charge in [-0.1, -0.05) is 39.0 Å². The van der Waals surface area contributed by atoms with Crippen LogP contribution >= 0.6 is 11.3 Å². The molecular weight excluding hydrogens is 372 g/mol. The molecule has 0 spiro atoms. The lowest BCUT2D eigenvalue weighted by Gasteiger charge is -2.17. The fourth-order valence-corrected chi connectivity index (χ4v) is 4.02. The van der Waals surface area contributed by atoms with Crippen molar-refractivity contribution in [1.82, 2.24) is 9.55 Å². The molecule has 6 heteroatoms. The number of ether oxygens (including phenoxy) is 1. The molecular formula is C22H26N2O3S. The average Bonchev–Trinajstić information content (AvgIpc) is 3.09. The van der Waals surface area contributed by atoms with E-state index in [1.807, 2.05) is 32.2 Å². The number of esters is 1. The highest BCUT2D eigenvalue weighted by molar-refractivity contribution is 7.17. The molecule has 0 aliphatic carbocycles. The minimum atomic E-state index is -0.671. The number of nitrogens with zero attached hydrogens (tertiary/aromatic N) is 2. The molecule has 0 fully saturated rings. The molecule has 0 saturated carbocycles. The fourth-order valence-electron chi connectivity index (χ4n) is 3.11. The Bertz CT molecular complexity index is 1070. The van der Waals surface area contributed by atoms with E-state index in [9.17, 15) is 9.59 Å². The second kappa shape index (κ2) is 8.27. The number of carbonyl (C=O) groups excluding carboxylic acids is 1. The Balaban J connectivity index is 2.08. The van der Waals surface area contributed by atoms with Crippen LogP contribution in [0.3, 0.4) is 0 Å². The molecule has 1 atom stereocenters. The number of hydrogen-bond donors (Lipinski definition) is 0. The predicted molar refractivity (Wildman–Crippen MR) is 114 cm³/mol. The van der Waals surface area contributed by atoms with E-state index in [1.165, 1.54) is 33.4 Å². The molecule has 0 radical (unpaired) electrons. The predicted octanol–water partition coefficient (Wildman–Crippen LogP) is 4.89. The van der Waals surface area contributed by atoms with Crippen molar-refractivity contribution in [2.24, 2.45) is 5.92 Å². The standard InChI is InChI=1S/C22H26N2O3S/c1-6-18(22(26)27-10-13(2)3)24-12-23-20-19(21(24)25)17(11-28-20)16-8-7-14(4)15(5)9-16/h7-9,11-13,18H,6,10H2,1-5H3/t18-/m1/s1. The summed E-state index contributed by atoms with van der Waals surface area (Å²) in [5, 5.41) is 2.52. The number of fused-ring (bicyclic) bond motifs is 1. The van der Waals surface area contributed by atoms with Gasteiger partial charge < -0.3 is 4.74 Å². The van der Waals surface area contributed by atoms with Gasteiger partial charge in [-0.25, -0.2) is 9.78 Å². The van der Waals surface area contributed by atoms with Crippen LogP contribution in [0.5, 0.6) is 0 Å². The van der Waals surface area contributed by atoms with Crippen molar-refractivity contribution >= 4 is 27.5 Å². The van der Waals surface area contributed by atoms with Gasteiger partial charge in [0, 0.05) is 10.9 Å². The van der Waals surface area contributed by atoms with Crippen LogP contribution in [-0.4, -0.2) is 22.1 Å². The summed E-state index contributed by atoms with van der Waals surface area (Å²) in [6.45, 7) is 10.3. The molecule has 0 amide bonds. The maximum Gasteiger partial charge on any atom is 0.329 e. The van der Waals surface area contributed by atoms with Gasteiger partial charge in [-0.2, -0.15) is 0 Å². The van der Waals surface area contributed by atoms with E-state index in [4.69, 9.17) is 4.74 Å². The van der Waals surface area contributed by atoms with Crippen LogP contribution in [0.15, 0.2) is 34.7 Å². The third-order valence-electron chi connectivity index (χ3n) is 4.89. The molecule has 0 N–H and O–H groups in total. The van der Waals surface area contributed by atoms with E-state index in [2.05, 4.69) is 31.0 Å². The van der Waals surface area contributed by atoms with Gasteiger partial charge in [0.25, 0.3) is 5.56 Å². The highest BCUT2D eigenvalue weighted by Gasteiger charge is 2.24. The quantitative estimate of drug-likeness (QED) is 0.555. The molecule has 0 unspecified atom stereocenters. The Morgan fingerprint density at radius 1 is 1.25 bits per heavy atom. The fraction of sp³-hybridized carbons (Fsp3) is 0.409. The first-order valence-electron chi connectivity index (χ1n) is 9.56. The molecule has 28 heavy (non-hydrogen) atoms. The van der Waals surface area contributed by atoms with Crippen LogP contribution in [0.1, 0.15) is 44.4 Å². The lowest BCUT2D eigenvalue weighted by molar-refractivity contribution is -0.149. The monoisotopic (exact) mass is 398 g/mol. The second-order valence-electron chi connectivity index (χ2n) is 7.53. The van der Waals surface area contributed by atoms with Gasteiger partial charge in [-0.05, 0) is 42.9 Å². The molecule has 0 bridgehead atoms. The number of aromatic nitrogens is 2. The Labute approximate surface area is 169 Å². The second-order valence-corrected chi connectivity index (χ2v) is 8.39. The normalized spacial score (nSPS) is 12.5. The van der Waals surface area contributed by atoms with Gasteiger partial charge in [0.15, 0.2) is 0 Å². The topological polar surface area (TPSA) is 61.2 Å². The van der Waals surface area contributed by atoms with Crippen molar-refractivity contribution in [1.29, 1.82) is 0 Å². The number of benzene rings is 1. The molecule has 2 aromatic heterocycles. The molecule has 3 aromatic rings. The maximum absolute atomic E-state index is 13.3. The van der Waals surface area contributed by atoms with E-state index >= 15 is 0 Å². The van der Waals surface area contributed by atoms with Crippen molar-refractivity contribution in [2.75, 3.05) is 6.61 Å². The summed E-state index contributed by atoms with van der Waals surface area (Å²) < 4.78 is 6.80. The van der Waals surface area contributed by atoms with Gasteiger partial charge >= 0.3 is 5.97 Å². The molecule has 3 rings (SSSR count). The lowest BCUT2D eigenvalue weighted by atomic mass is 10.0. The van der Waals surface area contributed by atoms with Crippen LogP contribution in [0, 0.1) is 19.8 Å². The SMILES string of the molecule is CC[C@H](C(=O)OCC(C)C)n1cnc2scc(-c3ccc(C)c(C)c3)c2c1=O. The summed E-state index contributed by atoms with van der Waals surface area (Å²) >= 11 is 1.44. The van der Waals surface area contributed by atoms with Crippen LogP contribution in [0.2, 0.25) is 0 Å². The largest absolute Gasteiger partial charge is 0.464 e. The van der Waals surface area contributed by atoms with Gasteiger partial charge in [-0.3, -0.25) is 9.36 Å². The van der Waals surface area contributed by atoms with Crippen LogP contribution < -0.4 is 5.56 Å². The molecule has 0 aliphatic heterocycles. The van der Waals surface area contributed by atoms with Gasteiger partial charge in [-0.15, -0.1) is 11.3 Å². The van der Waals surface area contributed by atoms with Crippen LogP contribution in [-0.2, 0) is 9.53 Å². The van der Waals surface area contributed by atoms with Crippen molar-refractivity contribution in [2.45, 2.75) is 47.1 Å². The maximum atomic E-state index is 13.3. The first kappa shape index (κ1) is 20.3. The van der Waals surface area contributed by atoms with E-state index in [1.54, 1.807) is 0 Å². The third-order valence-corrected chi connectivity index (χ3v) is 5.78. The van der Waals surface area contributed by atoms with Gasteiger partial charge in [0.1, 0.15) is 10.9 Å². The third kappa shape index (κ3) is 3.87. The first-order chi connectivity index (χ1) is 13.3. The lowest BCUT2D eigenvalue weighted by Crippen LogP contribution is -2.31. The summed E-state index contributed by atoms with van der Waals surface area (Å²) in [6.07, 6.45) is 1.93. The number of carbonyl (C=O) groups is 1. The number of thiophene rings is 1. The zero-order chi connectivity index (χ0) is 20.4. The zero-order valence-electron chi connectivity index (χ0n) is 17.0. The number of aryl methyl sites for hydroxylation is 2. The minimum absolute atomic E-state index is 0.201. The average molecular weight is 399 g/mol. The molecule has 0 saturated heterocycles. The molecule has 0 aliphatic rings. The van der Waals surface area contributed by atoms with Crippen LogP contribution in [0.25, 0.3) is 21.3 Å². The number of rotatable bonds is 6. The highest BCUT2D eigenvalue weighted by atomic mass is 32.1. The smallest absolute Gasteiger partial charge is 0.329 e.